The average molecular weight is 287 g/mol. The molecule has 118 valence electrons. The zero-order chi connectivity index (χ0) is 15.2. The minimum atomic E-state index is 0.654. The van der Waals surface area contributed by atoms with Crippen LogP contribution in [0.15, 0.2) is 24.3 Å². The van der Waals surface area contributed by atoms with Crippen LogP contribution >= 0.6 is 0 Å². The highest BCUT2D eigenvalue weighted by atomic mass is 14.9. The van der Waals surface area contributed by atoms with Crippen molar-refractivity contribution in [2.75, 3.05) is 6.54 Å². The predicted molar refractivity (Wildman–Crippen MR) is 92.6 cm³/mol. The summed E-state index contributed by atoms with van der Waals surface area (Å²) in [5.41, 5.74) is 2.88. The largest absolute Gasteiger partial charge is 0.313 e. The summed E-state index contributed by atoms with van der Waals surface area (Å²) in [4.78, 5) is 0. The average Bonchev–Trinajstić information content (AvgIpc) is 2.46. The third kappa shape index (κ3) is 4.85. The van der Waals surface area contributed by atoms with Crippen molar-refractivity contribution >= 4 is 0 Å². The van der Waals surface area contributed by atoms with E-state index in [9.17, 15) is 0 Å². The van der Waals surface area contributed by atoms with Crippen LogP contribution in [0.2, 0.25) is 0 Å². The highest BCUT2D eigenvalue weighted by Gasteiger charge is 2.29. The first-order chi connectivity index (χ1) is 10.1. The van der Waals surface area contributed by atoms with Gasteiger partial charge in [-0.3, -0.25) is 0 Å². The molecule has 1 aliphatic rings. The van der Waals surface area contributed by atoms with Crippen molar-refractivity contribution in [1.29, 1.82) is 0 Å². The summed E-state index contributed by atoms with van der Waals surface area (Å²) in [5.74, 6) is 2.64. The van der Waals surface area contributed by atoms with Crippen LogP contribution in [0.1, 0.15) is 57.6 Å². The van der Waals surface area contributed by atoms with Crippen molar-refractivity contribution in [2.24, 2.45) is 17.8 Å². The van der Waals surface area contributed by atoms with Crippen molar-refractivity contribution in [3.8, 4) is 0 Å². The molecule has 21 heavy (non-hydrogen) atoms. The Hall–Kier alpha value is -0.820. The van der Waals surface area contributed by atoms with E-state index in [1.807, 2.05) is 0 Å². The van der Waals surface area contributed by atoms with Gasteiger partial charge in [0.25, 0.3) is 0 Å². The fourth-order valence-electron chi connectivity index (χ4n) is 3.78. The Morgan fingerprint density at radius 3 is 2.67 bits per heavy atom. The molecule has 0 aromatic heterocycles. The van der Waals surface area contributed by atoms with E-state index >= 15 is 0 Å². The highest BCUT2D eigenvalue weighted by Crippen LogP contribution is 2.35. The Balaban J connectivity index is 2.03. The van der Waals surface area contributed by atoms with Gasteiger partial charge < -0.3 is 5.32 Å². The third-order valence-corrected chi connectivity index (χ3v) is 5.40. The Morgan fingerprint density at radius 1 is 1.19 bits per heavy atom. The summed E-state index contributed by atoms with van der Waals surface area (Å²) in [7, 11) is 0. The van der Waals surface area contributed by atoms with E-state index in [-0.39, 0.29) is 0 Å². The van der Waals surface area contributed by atoms with E-state index in [0.29, 0.717) is 6.04 Å². The second kappa shape index (κ2) is 7.98. The van der Waals surface area contributed by atoms with Crippen molar-refractivity contribution in [3.05, 3.63) is 35.4 Å². The van der Waals surface area contributed by atoms with Gasteiger partial charge in [-0.25, -0.2) is 0 Å². The van der Waals surface area contributed by atoms with Crippen LogP contribution in [0, 0.1) is 24.7 Å². The molecule has 1 heteroatoms. The molecule has 0 aliphatic heterocycles. The molecule has 0 heterocycles. The molecular weight excluding hydrogens is 254 g/mol. The van der Waals surface area contributed by atoms with E-state index in [4.69, 9.17) is 0 Å². The molecule has 4 atom stereocenters. The van der Waals surface area contributed by atoms with E-state index < -0.39 is 0 Å². The lowest BCUT2D eigenvalue weighted by molar-refractivity contribution is 0.170. The van der Waals surface area contributed by atoms with Gasteiger partial charge in [-0.15, -0.1) is 0 Å². The minimum absolute atomic E-state index is 0.654. The number of benzene rings is 1. The monoisotopic (exact) mass is 287 g/mol. The molecule has 1 aliphatic carbocycles. The van der Waals surface area contributed by atoms with Crippen LogP contribution in [0.3, 0.4) is 0 Å². The van der Waals surface area contributed by atoms with Crippen LogP contribution < -0.4 is 5.32 Å². The molecule has 2 rings (SSSR count). The predicted octanol–water partition coefficient (Wildman–Crippen LogP) is 4.98. The lowest BCUT2D eigenvalue weighted by Crippen LogP contribution is -2.41. The van der Waals surface area contributed by atoms with Gasteiger partial charge in [0.2, 0.25) is 0 Å². The van der Waals surface area contributed by atoms with Crippen LogP contribution in [-0.2, 0) is 6.42 Å². The van der Waals surface area contributed by atoms with Crippen LogP contribution in [0.5, 0.6) is 0 Å². The number of hydrogen-bond acceptors (Lipinski definition) is 1. The van der Waals surface area contributed by atoms with Gasteiger partial charge in [0.1, 0.15) is 0 Å². The Labute approximate surface area is 131 Å². The summed E-state index contributed by atoms with van der Waals surface area (Å²) in [6.07, 6.45) is 6.62. The second-order valence-corrected chi connectivity index (χ2v) is 7.28. The Morgan fingerprint density at radius 2 is 2.00 bits per heavy atom. The number of hydrogen-bond donors (Lipinski definition) is 1. The first-order valence-corrected chi connectivity index (χ1v) is 8.89. The van der Waals surface area contributed by atoms with Crippen LogP contribution in [0.25, 0.3) is 0 Å². The number of aryl methyl sites for hydroxylation is 1. The first-order valence-electron chi connectivity index (χ1n) is 8.89. The SMILES string of the molecule is CCCNC(Cc1cccc(C)c1)C1CCC(C)C(C)C1. The third-order valence-electron chi connectivity index (χ3n) is 5.40. The molecule has 1 saturated carbocycles. The van der Waals surface area contributed by atoms with E-state index in [2.05, 4.69) is 57.3 Å². The maximum absolute atomic E-state index is 3.84. The molecule has 4 unspecified atom stereocenters. The standard InChI is InChI=1S/C20H33N/c1-5-11-21-20(14-18-8-6-7-15(2)12-18)19-10-9-16(3)17(4)13-19/h6-8,12,16-17,19-21H,5,9-11,13-14H2,1-4H3. The summed E-state index contributed by atoms with van der Waals surface area (Å²) < 4.78 is 0. The number of nitrogens with one attached hydrogen (secondary N) is 1. The van der Waals surface area contributed by atoms with Gasteiger partial charge >= 0.3 is 0 Å². The van der Waals surface area contributed by atoms with Crippen LogP contribution in [-0.4, -0.2) is 12.6 Å². The van der Waals surface area contributed by atoms with Gasteiger partial charge in [-0.1, -0.05) is 57.0 Å². The molecule has 0 bridgehead atoms. The smallest absolute Gasteiger partial charge is 0.0136 e. The molecular formula is C20H33N. The van der Waals surface area contributed by atoms with Gasteiger partial charge in [0.15, 0.2) is 0 Å². The maximum Gasteiger partial charge on any atom is 0.0136 e. The maximum atomic E-state index is 3.84. The lowest BCUT2D eigenvalue weighted by Gasteiger charge is -2.37. The molecule has 1 aromatic carbocycles. The van der Waals surface area contributed by atoms with Crippen LogP contribution in [0.4, 0.5) is 0 Å². The van der Waals surface area contributed by atoms with Crippen molar-refractivity contribution in [1.82, 2.24) is 5.32 Å². The molecule has 1 aromatic rings. The van der Waals surface area contributed by atoms with Crippen molar-refractivity contribution < 1.29 is 0 Å². The lowest BCUT2D eigenvalue weighted by atomic mass is 9.72. The topological polar surface area (TPSA) is 12.0 Å². The summed E-state index contributed by atoms with van der Waals surface area (Å²) in [6.45, 7) is 10.5. The van der Waals surface area contributed by atoms with Gasteiger partial charge in [0.05, 0.1) is 0 Å². The molecule has 0 amide bonds. The van der Waals surface area contributed by atoms with Crippen molar-refractivity contribution in [3.63, 3.8) is 0 Å². The van der Waals surface area contributed by atoms with Gasteiger partial charge in [0, 0.05) is 6.04 Å². The van der Waals surface area contributed by atoms with E-state index in [0.717, 1.165) is 24.3 Å². The molecule has 0 saturated heterocycles. The zero-order valence-electron chi connectivity index (χ0n) is 14.4. The fraction of sp³-hybridized carbons (Fsp3) is 0.700. The number of rotatable bonds is 6. The second-order valence-electron chi connectivity index (χ2n) is 7.28. The molecule has 0 spiro atoms. The van der Waals surface area contributed by atoms with Gasteiger partial charge in [-0.05, 0) is 62.5 Å². The quantitative estimate of drug-likeness (QED) is 0.778. The summed E-state index contributed by atoms with van der Waals surface area (Å²) >= 11 is 0. The molecule has 0 radical (unpaired) electrons. The molecule has 1 fully saturated rings. The van der Waals surface area contributed by atoms with Gasteiger partial charge in [-0.2, -0.15) is 0 Å². The Bertz CT molecular complexity index is 426. The fourth-order valence-corrected chi connectivity index (χ4v) is 3.78. The highest BCUT2D eigenvalue weighted by molar-refractivity contribution is 5.23. The minimum Gasteiger partial charge on any atom is -0.313 e. The Kier molecular flexibility index (Phi) is 6.29. The van der Waals surface area contributed by atoms with E-state index in [1.165, 1.54) is 43.2 Å². The van der Waals surface area contributed by atoms with E-state index in [1.54, 1.807) is 0 Å². The van der Waals surface area contributed by atoms with Crippen molar-refractivity contribution in [2.45, 2.75) is 65.8 Å². The first kappa shape index (κ1) is 16.5. The molecule has 1 nitrogen and oxygen atoms in total. The summed E-state index contributed by atoms with van der Waals surface area (Å²) in [6, 6.07) is 9.70. The zero-order valence-corrected chi connectivity index (χ0v) is 14.4. The molecule has 1 N–H and O–H groups in total. The normalized spacial score (nSPS) is 27.5. The summed E-state index contributed by atoms with van der Waals surface area (Å²) in [5, 5.41) is 3.84.